The SMILES string of the molecule is CN1CCC(NCc2cccc(C(=O)O)n2)CC1. The Morgan fingerprint density at radius 2 is 2.22 bits per heavy atom. The third-order valence-corrected chi connectivity index (χ3v) is 3.32. The normalized spacial score (nSPS) is 17.8. The number of pyridine rings is 1. The molecular weight excluding hydrogens is 230 g/mol. The van der Waals surface area contributed by atoms with Crippen LogP contribution >= 0.6 is 0 Å². The minimum absolute atomic E-state index is 0.109. The van der Waals surface area contributed by atoms with Crippen molar-refractivity contribution >= 4 is 5.97 Å². The van der Waals surface area contributed by atoms with Crippen molar-refractivity contribution in [1.82, 2.24) is 15.2 Å². The molecule has 1 fully saturated rings. The second-order valence-corrected chi connectivity index (χ2v) is 4.78. The monoisotopic (exact) mass is 249 g/mol. The molecule has 0 aromatic carbocycles. The Morgan fingerprint density at radius 3 is 2.89 bits per heavy atom. The van der Waals surface area contributed by atoms with Gasteiger partial charge in [-0.1, -0.05) is 6.07 Å². The van der Waals surface area contributed by atoms with Gasteiger partial charge in [0.15, 0.2) is 0 Å². The van der Waals surface area contributed by atoms with E-state index in [0.717, 1.165) is 31.6 Å². The van der Waals surface area contributed by atoms with Crippen molar-refractivity contribution in [2.24, 2.45) is 0 Å². The summed E-state index contributed by atoms with van der Waals surface area (Å²) in [4.78, 5) is 17.2. The first-order chi connectivity index (χ1) is 8.65. The number of nitrogens with zero attached hydrogens (tertiary/aromatic N) is 2. The predicted molar refractivity (Wildman–Crippen MR) is 68.6 cm³/mol. The molecule has 1 aliphatic rings. The number of hydrogen-bond acceptors (Lipinski definition) is 4. The summed E-state index contributed by atoms with van der Waals surface area (Å²) in [7, 11) is 2.13. The lowest BCUT2D eigenvalue weighted by Crippen LogP contribution is -2.40. The largest absolute Gasteiger partial charge is 0.477 e. The summed E-state index contributed by atoms with van der Waals surface area (Å²) in [6.45, 7) is 2.86. The molecule has 5 heteroatoms. The van der Waals surface area contributed by atoms with Crippen LogP contribution in [0.1, 0.15) is 29.0 Å². The molecule has 0 atom stereocenters. The zero-order valence-electron chi connectivity index (χ0n) is 10.6. The van der Waals surface area contributed by atoms with Crippen LogP contribution in [0, 0.1) is 0 Å². The highest BCUT2D eigenvalue weighted by molar-refractivity contribution is 5.85. The van der Waals surface area contributed by atoms with Crippen molar-refractivity contribution in [1.29, 1.82) is 0 Å². The van der Waals surface area contributed by atoms with Crippen LogP contribution in [0.3, 0.4) is 0 Å². The van der Waals surface area contributed by atoms with E-state index in [2.05, 4.69) is 22.2 Å². The lowest BCUT2D eigenvalue weighted by atomic mass is 10.1. The topological polar surface area (TPSA) is 65.5 Å². The molecule has 5 nitrogen and oxygen atoms in total. The smallest absolute Gasteiger partial charge is 0.354 e. The van der Waals surface area contributed by atoms with Gasteiger partial charge in [0.1, 0.15) is 5.69 Å². The van der Waals surface area contributed by atoms with Gasteiger partial charge in [0.2, 0.25) is 0 Å². The van der Waals surface area contributed by atoms with E-state index >= 15 is 0 Å². The van der Waals surface area contributed by atoms with Gasteiger partial charge in [0.05, 0.1) is 5.69 Å². The van der Waals surface area contributed by atoms with Gasteiger partial charge < -0.3 is 15.3 Å². The molecule has 1 aromatic rings. The van der Waals surface area contributed by atoms with Crippen LogP contribution in [0.4, 0.5) is 0 Å². The Balaban J connectivity index is 1.86. The van der Waals surface area contributed by atoms with E-state index in [1.165, 1.54) is 6.07 Å². The Hall–Kier alpha value is -1.46. The van der Waals surface area contributed by atoms with Crippen molar-refractivity contribution in [2.45, 2.75) is 25.4 Å². The minimum atomic E-state index is -0.976. The van der Waals surface area contributed by atoms with Crippen LogP contribution in [0.25, 0.3) is 0 Å². The van der Waals surface area contributed by atoms with Crippen LogP contribution in [-0.2, 0) is 6.54 Å². The number of piperidine rings is 1. The molecule has 0 saturated carbocycles. The number of carboxylic acid groups (broad SMARTS) is 1. The van der Waals surface area contributed by atoms with E-state index in [0.29, 0.717) is 12.6 Å². The van der Waals surface area contributed by atoms with Crippen molar-refractivity contribution in [3.05, 3.63) is 29.6 Å². The van der Waals surface area contributed by atoms with Gasteiger partial charge in [-0.2, -0.15) is 0 Å². The molecule has 0 aliphatic carbocycles. The third-order valence-electron chi connectivity index (χ3n) is 3.32. The maximum Gasteiger partial charge on any atom is 0.354 e. The first-order valence-electron chi connectivity index (χ1n) is 6.26. The molecule has 2 rings (SSSR count). The second-order valence-electron chi connectivity index (χ2n) is 4.78. The van der Waals surface area contributed by atoms with Crippen molar-refractivity contribution in [3.63, 3.8) is 0 Å². The highest BCUT2D eigenvalue weighted by atomic mass is 16.4. The molecule has 0 radical (unpaired) electrons. The Morgan fingerprint density at radius 1 is 1.50 bits per heavy atom. The lowest BCUT2D eigenvalue weighted by molar-refractivity contribution is 0.0690. The average Bonchev–Trinajstić information content (AvgIpc) is 2.38. The van der Waals surface area contributed by atoms with E-state index < -0.39 is 5.97 Å². The number of carboxylic acids is 1. The van der Waals surface area contributed by atoms with Gasteiger partial charge >= 0.3 is 5.97 Å². The molecule has 0 bridgehead atoms. The quantitative estimate of drug-likeness (QED) is 0.832. The van der Waals surface area contributed by atoms with Gasteiger partial charge in [-0.25, -0.2) is 9.78 Å². The molecule has 1 aliphatic heterocycles. The average molecular weight is 249 g/mol. The molecule has 0 spiro atoms. The zero-order chi connectivity index (χ0) is 13.0. The van der Waals surface area contributed by atoms with E-state index in [1.807, 2.05) is 6.07 Å². The summed E-state index contributed by atoms with van der Waals surface area (Å²) in [6, 6.07) is 5.62. The summed E-state index contributed by atoms with van der Waals surface area (Å²) < 4.78 is 0. The Bertz CT molecular complexity index is 414. The van der Waals surface area contributed by atoms with Crippen LogP contribution in [0.5, 0.6) is 0 Å². The van der Waals surface area contributed by atoms with Crippen molar-refractivity contribution < 1.29 is 9.90 Å². The lowest BCUT2D eigenvalue weighted by Gasteiger charge is -2.29. The number of rotatable bonds is 4. The minimum Gasteiger partial charge on any atom is -0.477 e. The number of carbonyl (C=O) groups is 1. The fraction of sp³-hybridized carbons (Fsp3) is 0.538. The summed E-state index contributed by atoms with van der Waals surface area (Å²) >= 11 is 0. The van der Waals surface area contributed by atoms with Gasteiger partial charge in [-0.3, -0.25) is 0 Å². The Kier molecular flexibility index (Phi) is 4.28. The van der Waals surface area contributed by atoms with Crippen molar-refractivity contribution in [3.8, 4) is 0 Å². The molecule has 0 amide bonds. The van der Waals surface area contributed by atoms with E-state index in [-0.39, 0.29) is 5.69 Å². The number of likely N-dealkylation sites (tertiary alicyclic amines) is 1. The second kappa shape index (κ2) is 5.93. The van der Waals surface area contributed by atoms with Gasteiger partial charge in [0.25, 0.3) is 0 Å². The highest BCUT2D eigenvalue weighted by Crippen LogP contribution is 2.09. The number of aromatic nitrogens is 1. The van der Waals surface area contributed by atoms with Gasteiger partial charge in [-0.05, 0) is 45.1 Å². The zero-order valence-corrected chi connectivity index (χ0v) is 10.6. The fourth-order valence-corrected chi connectivity index (χ4v) is 2.16. The number of aromatic carboxylic acids is 1. The Labute approximate surface area is 107 Å². The fourth-order valence-electron chi connectivity index (χ4n) is 2.16. The van der Waals surface area contributed by atoms with Crippen LogP contribution in [0.2, 0.25) is 0 Å². The number of hydrogen-bond donors (Lipinski definition) is 2. The van der Waals surface area contributed by atoms with Crippen molar-refractivity contribution in [2.75, 3.05) is 20.1 Å². The maximum atomic E-state index is 10.8. The molecule has 2 heterocycles. The first-order valence-corrected chi connectivity index (χ1v) is 6.26. The van der Waals surface area contributed by atoms with Crippen LogP contribution in [-0.4, -0.2) is 47.1 Å². The standard InChI is InChI=1S/C13H19N3O2/c1-16-7-5-10(6-8-16)14-9-11-3-2-4-12(15-11)13(17)18/h2-4,10,14H,5-9H2,1H3,(H,17,18). The molecule has 18 heavy (non-hydrogen) atoms. The highest BCUT2D eigenvalue weighted by Gasteiger charge is 2.16. The third kappa shape index (κ3) is 3.51. The summed E-state index contributed by atoms with van der Waals surface area (Å²) in [5.41, 5.74) is 0.895. The predicted octanol–water partition coefficient (Wildman–Crippen LogP) is 0.964. The van der Waals surface area contributed by atoms with Gasteiger partial charge in [0, 0.05) is 12.6 Å². The molecule has 98 valence electrons. The molecule has 1 aromatic heterocycles. The summed E-state index contributed by atoms with van der Waals surface area (Å²) in [6.07, 6.45) is 2.27. The van der Waals surface area contributed by atoms with E-state index in [4.69, 9.17) is 5.11 Å². The number of nitrogens with one attached hydrogen (secondary N) is 1. The molecule has 0 unspecified atom stereocenters. The van der Waals surface area contributed by atoms with E-state index in [1.54, 1.807) is 6.07 Å². The van der Waals surface area contributed by atoms with Gasteiger partial charge in [-0.15, -0.1) is 0 Å². The maximum absolute atomic E-state index is 10.8. The molecule has 2 N–H and O–H groups in total. The molecule has 1 saturated heterocycles. The van der Waals surface area contributed by atoms with Crippen LogP contribution in [0.15, 0.2) is 18.2 Å². The molecular formula is C13H19N3O2. The first kappa shape index (κ1) is 13.0. The summed E-state index contributed by atoms with van der Waals surface area (Å²) in [5.74, 6) is -0.976. The summed E-state index contributed by atoms with van der Waals surface area (Å²) in [5, 5.41) is 12.3. The van der Waals surface area contributed by atoms with E-state index in [9.17, 15) is 4.79 Å². The van der Waals surface area contributed by atoms with Crippen LogP contribution < -0.4 is 5.32 Å².